The topological polar surface area (TPSA) is 95.9 Å². The van der Waals surface area contributed by atoms with E-state index in [-0.39, 0.29) is 18.8 Å². The summed E-state index contributed by atoms with van der Waals surface area (Å²) in [6.45, 7) is 0.0898. The second kappa shape index (κ2) is 7.84. The third-order valence-electron chi connectivity index (χ3n) is 3.16. The molecule has 0 aliphatic rings. The smallest absolute Gasteiger partial charge is 0.407 e. The zero-order chi connectivity index (χ0) is 16.7. The summed E-state index contributed by atoms with van der Waals surface area (Å²) in [5.41, 5.74) is 1.32. The maximum Gasteiger partial charge on any atom is 0.407 e. The maximum absolute atomic E-state index is 11.9. The van der Waals surface area contributed by atoms with Gasteiger partial charge >= 0.3 is 12.1 Å². The number of carboxylic acid groups (broad SMARTS) is 1. The van der Waals surface area contributed by atoms with E-state index in [1.54, 1.807) is 12.1 Å². The van der Waals surface area contributed by atoms with Crippen LogP contribution in [-0.2, 0) is 16.1 Å². The van der Waals surface area contributed by atoms with Crippen LogP contribution in [0.15, 0.2) is 54.6 Å². The molecule has 3 N–H and O–H groups in total. The lowest BCUT2D eigenvalue weighted by molar-refractivity contribution is -0.137. The summed E-state index contributed by atoms with van der Waals surface area (Å²) in [4.78, 5) is 22.9. The van der Waals surface area contributed by atoms with Crippen molar-refractivity contribution in [3.8, 4) is 5.75 Å². The van der Waals surface area contributed by atoms with Crippen molar-refractivity contribution in [2.24, 2.45) is 0 Å². The van der Waals surface area contributed by atoms with Crippen LogP contribution in [0.4, 0.5) is 4.79 Å². The number of phenolic OH excluding ortho intramolecular Hbond substituents is 1. The van der Waals surface area contributed by atoms with Gasteiger partial charge in [-0.3, -0.25) is 4.79 Å². The van der Waals surface area contributed by atoms with E-state index in [0.29, 0.717) is 5.56 Å². The first kappa shape index (κ1) is 16.4. The Morgan fingerprint density at radius 3 is 2.48 bits per heavy atom. The zero-order valence-corrected chi connectivity index (χ0v) is 12.3. The predicted molar refractivity (Wildman–Crippen MR) is 82.9 cm³/mol. The van der Waals surface area contributed by atoms with Crippen molar-refractivity contribution in [1.29, 1.82) is 0 Å². The normalized spacial score (nSPS) is 11.5. The summed E-state index contributed by atoms with van der Waals surface area (Å²) < 4.78 is 5.09. The van der Waals surface area contributed by atoms with E-state index in [2.05, 4.69) is 5.32 Å². The molecule has 2 rings (SSSR count). The summed E-state index contributed by atoms with van der Waals surface area (Å²) in [5, 5.41) is 21.0. The second-order valence-electron chi connectivity index (χ2n) is 4.95. The SMILES string of the molecule is O=C(O)C[C@H](NC(=O)OCc1ccccc1)c1cccc(O)c1. The molecule has 0 saturated heterocycles. The molecule has 0 aromatic heterocycles. The number of aliphatic carboxylic acids is 1. The number of rotatable bonds is 6. The third kappa shape index (κ3) is 5.35. The van der Waals surface area contributed by atoms with Gasteiger partial charge < -0.3 is 20.3 Å². The molecule has 120 valence electrons. The Labute approximate surface area is 133 Å². The zero-order valence-electron chi connectivity index (χ0n) is 12.3. The Kier molecular flexibility index (Phi) is 5.57. The summed E-state index contributed by atoms with van der Waals surface area (Å²) in [6.07, 6.45) is -1.03. The van der Waals surface area contributed by atoms with E-state index in [0.717, 1.165) is 5.56 Å². The molecule has 1 amide bonds. The Hall–Kier alpha value is -3.02. The minimum atomic E-state index is -1.07. The van der Waals surface area contributed by atoms with Crippen LogP contribution in [0.5, 0.6) is 5.75 Å². The summed E-state index contributed by atoms with van der Waals surface area (Å²) in [6, 6.07) is 14.4. The lowest BCUT2D eigenvalue weighted by atomic mass is 10.0. The van der Waals surface area contributed by atoms with Gasteiger partial charge in [-0.1, -0.05) is 42.5 Å². The van der Waals surface area contributed by atoms with Gasteiger partial charge in [0, 0.05) is 0 Å². The average Bonchev–Trinajstić information content (AvgIpc) is 2.53. The molecule has 0 bridgehead atoms. The van der Waals surface area contributed by atoms with Crippen molar-refractivity contribution < 1.29 is 24.5 Å². The van der Waals surface area contributed by atoms with Crippen molar-refractivity contribution in [1.82, 2.24) is 5.32 Å². The van der Waals surface area contributed by atoms with Crippen molar-refractivity contribution in [3.05, 3.63) is 65.7 Å². The first-order chi connectivity index (χ1) is 11.0. The number of hydrogen-bond acceptors (Lipinski definition) is 4. The number of amides is 1. The number of carboxylic acids is 1. The molecular weight excluding hydrogens is 298 g/mol. The summed E-state index contributed by atoms with van der Waals surface area (Å²) in [5.74, 6) is -1.07. The van der Waals surface area contributed by atoms with Gasteiger partial charge in [-0.2, -0.15) is 0 Å². The number of phenols is 1. The Morgan fingerprint density at radius 2 is 1.83 bits per heavy atom. The molecule has 6 nitrogen and oxygen atoms in total. The van der Waals surface area contributed by atoms with Crippen LogP contribution in [0.3, 0.4) is 0 Å². The van der Waals surface area contributed by atoms with Gasteiger partial charge in [0.25, 0.3) is 0 Å². The summed E-state index contributed by atoms with van der Waals surface area (Å²) in [7, 11) is 0. The Morgan fingerprint density at radius 1 is 1.09 bits per heavy atom. The Bertz CT molecular complexity index is 672. The molecule has 0 radical (unpaired) electrons. The standard InChI is InChI=1S/C17H17NO5/c19-14-8-4-7-13(9-14)15(10-16(20)21)18-17(22)23-11-12-5-2-1-3-6-12/h1-9,15,19H,10-11H2,(H,18,22)(H,20,21)/t15-/m0/s1. The molecule has 0 heterocycles. The van der Waals surface area contributed by atoms with Gasteiger partial charge in [0.1, 0.15) is 12.4 Å². The van der Waals surface area contributed by atoms with Crippen molar-refractivity contribution >= 4 is 12.1 Å². The van der Waals surface area contributed by atoms with Gasteiger partial charge in [-0.15, -0.1) is 0 Å². The fourth-order valence-electron chi connectivity index (χ4n) is 2.08. The van der Waals surface area contributed by atoms with Gasteiger partial charge in [0.2, 0.25) is 0 Å². The number of hydrogen-bond donors (Lipinski definition) is 3. The lowest BCUT2D eigenvalue weighted by Gasteiger charge is -2.17. The average molecular weight is 315 g/mol. The van der Waals surface area contributed by atoms with E-state index in [9.17, 15) is 14.7 Å². The van der Waals surface area contributed by atoms with Crippen LogP contribution >= 0.6 is 0 Å². The first-order valence-electron chi connectivity index (χ1n) is 7.02. The van der Waals surface area contributed by atoms with Gasteiger partial charge in [0.15, 0.2) is 0 Å². The molecule has 0 unspecified atom stereocenters. The van der Waals surface area contributed by atoms with E-state index in [1.807, 2.05) is 30.3 Å². The van der Waals surface area contributed by atoms with Gasteiger partial charge in [-0.25, -0.2) is 4.79 Å². The first-order valence-corrected chi connectivity index (χ1v) is 7.02. The van der Waals surface area contributed by atoms with E-state index < -0.39 is 18.1 Å². The van der Waals surface area contributed by atoms with Crippen molar-refractivity contribution in [2.45, 2.75) is 19.1 Å². The fourth-order valence-corrected chi connectivity index (χ4v) is 2.08. The van der Waals surface area contributed by atoms with E-state index in [1.165, 1.54) is 12.1 Å². The minimum Gasteiger partial charge on any atom is -0.508 e. The molecule has 23 heavy (non-hydrogen) atoms. The fraction of sp³-hybridized carbons (Fsp3) is 0.176. The molecule has 0 aliphatic heterocycles. The molecule has 0 fully saturated rings. The van der Waals surface area contributed by atoms with Crippen LogP contribution in [0.1, 0.15) is 23.6 Å². The molecule has 0 aliphatic carbocycles. The molecule has 1 atom stereocenters. The number of ether oxygens (including phenoxy) is 1. The molecule has 0 spiro atoms. The number of carbonyl (C=O) groups is 2. The molecular formula is C17H17NO5. The van der Waals surface area contributed by atoms with E-state index >= 15 is 0 Å². The van der Waals surface area contributed by atoms with Gasteiger partial charge in [0.05, 0.1) is 12.5 Å². The van der Waals surface area contributed by atoms with Crippen molar-refractivity contribution in [3.63, 3.8) is 0 Å². The molecule has 2 aromatic rings. The highest BCUT2D eigenvalue weighted by atomic mass is 16.5. The second-order valence-corrected chi connectivity index (χ2v) is 4.95. The summed E-state index contributed by atoms with van der Waals surface area (Å²) >= 11 is 0. The number of carbonyl (C=O) groups excluding carboxylic acids is 1. The number of nitrogens with one attached hydrogen (secondary N) is 1. The number of aromatic hydroxyl groups is 1. The number of alkyl carbamates (subject to hydrolysis) is 1. The molecule has 0 saturated carbocycles. The predicted octanol–water partition coefficient (Wildman–Crippen LogP) is 2.83. The quantitative estimate of drug-likeness (QED) is 0.762. The van der Waals surface area contributed by atoms with Crippen LogP contribution in [0.2, 0.25) is 0 Å². The van der Waals surface area contributed by atoms with Crippen LogP contribution < -0.4 is 5.32 Å². The highest BCUT2D eigenvalue weighted by Crippen LogP contribution is 2.21. The highest BCUT2D eigenvalue weighted by molar-refractivity contribution is 5.72. The molecule has 6 heteroatoms. The largest absolute Gasteiger partial charge is 0.508 e. The van der Waals surface area contributed by atoms with Crippen LogP contribution in [0, 0.1) is 0 Å². The van der Waals surface area contributed by atoms with Crippen LogP contribution in [-0.4, -0.2) is 22.3 Å². The monoisotopic (exact) mass is 315 g/mol. The lowest BCUT2D eigenvalue weighted by Crippen LogP contribution is -2.30. The maximum atomic E-state index is 11.9. The minimum absolute atomic E-state index is 0.00246. The molecule has 2 aromatic carbocycles. The number of benzene rings is 2. The third-order valence-corrected chi connectivity index (χ3v) is 3.16. The van der Waals surface area contributed by atoms with Gasteiger partial charge in [-0.05, 0) is 23.3 Å². The van der Waals surface area contributed by atoms with E-state index in [4.69, 9.17) is 9.84 Å². The highest BCUT2D eigenvalue weighted by Gasteiger charge is 2.19. The van der Waals surface area contributed by atoms with Crippen molar-refractivity contribution in [2.75, 3.05) is 0 Å². The Balaban J connectivity index is 1.99. The van der Waals surface area contributed by atoms with Crippen LogP contribution in [0.25, 0.3) is 0 Å².